The average Bonchev–Trinajstić information content (AvgIpc) is 2.27. The van der Waals surface area contributed by atoms with E-state index in [-0.39, 0.29) is 18.8 Å². The van der Waals surface area contributed by atoms with E-state index in [0.29, 0.717) is 0 Å². The molecular formula is C13H18BrNO2. The SMILES string of the molecule is CC1CN(c2ccc(CO)c(Br)c2)CC(C)O1. The third-order valence-electron chi connectivity index (χ3n) is 2.99. The number of hydrogen-bond donors (Lipinski definition) is 1. The molecule has 1 aromatic rings. The Morgan fingerprint density at radius 2 is 2.00 bits per heavy atom. The summed E-state index contributed by atoms with van der Waals surface area (Å²) in [6, 6.07) is 6.08. The predicted octanol–water partition coefficient (Wildman–Crippen LogP) is 2.56. The number of aliphatic hydroxyl groups excluding tert-OH is 1. The minimum Gasteiger partial charge on any atom is -0.392 e. The molecule has 1 N–H and O–H groups in total. The molecule has 0 aromatic heterocycles. The number of ether oxygens (including phenoxy) is 1. The largest absolute Gasteiger partial charge is 0.392 e. The molecule has 4 heteroatoms. The zero-order valence-electron chi connectivity index (χ0n) is 10.2. The summed E-state index contributed by atoms with van der Waals surface area (Å²) < 4.78 is 6.68. The summed E-state index contributed by atoms with van der Waals surface area (Å²) in [6.07, 6.45) is 0.519. The van der Waals surface area contributed by atoms with Crippen LogP contribution in [0, 0.1) is 0 Å². The zero-order chi connectivity index (χ0) is 12.4. The van der Waals surface area contributed by atoms with Crippen LogP contribution in [-0.2, 0) is 11.3 Å². The third kappa shape index (κ3) is 3.00. The molecule has 0 amide bonds. The van der Waals surface area contributed by atoms with Crippen LogP contribution >= 0.6 is 15.9 Å². The van der Waals surface area contributed by atoms with Crippen molar-refractivity contribution in [2.75, 3.05) is 18.0 Å². The maximum Gasteiger partial charge on any atom is 0.0726 e. The van der Waals surface area contributed by atoms with E-state index < -0.39 is 0 Å². The molecule has 0 aliphatic carbocycles. The van der Waals surface area contributed by atoms with Crippen LogP contribution in [-0.4, -0.2) is 30.4 Å². The zero-order valence-corrected chi connectivity index (χ0v) is 11.8. The summed E-state index contributed by atoms with van der Waals surface area (Å²) in [5, 5.41) is 9.14. The highest BCUT2D eigenvalue weighted by atomic mass is 79.9. The summed E-state index contributed by atoms with van der Waals surface area (Å²) in [5.41, 5.74) is 2.10. The smallest absolute Gasteiger partial charge is 0.0726 e. The van der Waals surface area contributed by atoms with E-state index >= 15 is 0 Å². The van der Waals surface area contributed by atoms with Crippen molar-refractivity contribution in [3.05, 3.63) is 28.2 Å². The molecule has 3 nitrogen and oxygen atoms in total. The Balaban J connectivity index is 2.19. The number of benzene rings is 1. The Morgan fingerprint density at radius 3 is 2.53 bits per heavy atom. The van der Waals surface area contributed by atoms with E-state index in [1.54, 1.807) is 0 Å². The van der Waals surface area contributed by atoms with Crippen LogP contribution in [0.1, 0.15) is 19.4 Å². The van der Waals surface area contributed by atoms with Crippen molar-refractivity contribution < 1.29 is 9.84 Å². The molecule has 0 radical (unpaired) electrons. The number of morpholine rings is 1. The molecule has 0 saturated carbocycles. The van der Waals surface area contributed by atoms with Crippen LogP contribution in [0.4, 0.5) is 5.69 Å². The Hall–Kier alpha value is -0.580. The quantitative estimate of drug-likeness (QED) is 0.911. The fourth-order valence-corrected chi connectivity index (χ4v) is 2.74. The standard InChI is InChI=1S/C13H18BrNO2/c1-9-6-15(7-10(2)17-9)12-4-3-11(8-16)13(14)5-12/h3-5,9-10,16H,6-8H2,1-2H3. The summed E-state index contributed by atoms with van der Waals surface area (Å²) in [5.74, 6) is 0. The molecule has 1 aromatic carbocycles. The van der Waals surface area contributed by atoms with Gasteiger partial charge in [0, 0.05) is 23.2 Å². The van der Waals surface area contributed by atoms with Gasteiger partial charge in [-0.1, -0.05) is 22.0 Å². The van der Waals surface area contributed by atoms with E-state index in [1.807, 2.05) is 6.07 Å². The van der Waals surface area contributed by atoms with Crippen molar-refractivity contribution in [2.45, 2.75) is 32.7 Å². The van der Waals surface area contributed by atoms with Gasteiger partial charge in [-0.15, -0.1) is 0 Å². The molecule has 2 unspecified atom stereocenters. The first-order valence-electron chi connectivity index (χ1n) is 5.90. The molecule has 1 aliphatic heterocycles. The predicted molar refractivity (Wildman–Crippen MR) is 72.3 cm³/mol. The molecule has 17 heavy (non-hydrogen) atoms. The summed E-state index contributed by atoms with van der Waals surface area (Å²) in [7, 11) is 0. The van der Waals surface area contributed by atoms with Crippen molar-refractivity contribution in [1.29, 1.82) is 0 Å². The molecule has 0 bridgehead atoms. The molecule has 2 rings (SSSR count). The fraction of sp³-hybridized carbons (Fsp3) is 0.538. The molecule has 1 heterocycles. The van der Waals surface area contributed by atoms with Gasteiger partial charge < -0.3 is 14.7 Å². The number of anilines is 1. The minimum absolute atomic E-state index is 0.0663. The van der Waals surface area contributed by atoms with E-state index in [2.05, 4.69) is 46.8 Å². The number of hydrogen-bond acceptors (Lipinski definition) is 3. The van der Waals surface area contributed by atoms with Gasteiger partial charge in [-0.05, 0) is 31.5 Å². The number of halogens is 1. The van der Waals surface area contributed by atoms with Crippen LogP contribution in [0.2, 0.25) is 0 Å². The highest BCUT2D eigenvalue weighted by molar-refractivity contribution is 9.10. The molecular weight excluding hydrogens is 282 g/mol. The fourth-order valence-electron chi connectivity index (χ4n) is 2.25. The summed E-state index contributed by atoms with van der Waals surface area (Å²) >= 11 is 3.49. The molecule has 1 aliphatic rings. The van der Waals surface area contributed by atoms with E-state index in [1.165, 1.54) is 5.69 Å². The molecule has 94 valence electrons. The lowest BCUT2D eigenvalue weighted by Crippen LogP contribution is -2.45. The maximum absolute atomic E-state index is 9.14. The van der Waals surface area contributed by atoms with E-state index in [4.69, 9.17) is 9.84 Å². The lowest BCUT2D eigenvalue weighted by Gasteiger charge is -2.37. The van der Waals surface area contributed by atoms with Crippen LogP contribution in [0.3, 0.4) is 0 Å². The van der Waals surface area contributed by atoms with Crippen molar-refractivity contribution in [1.82, 2.24) is 0 Å². The molecule has 0 spiro atoms. The first kappa shape index (κ1) is 12.9. The molecule has 2 atom stereocenters. The van der Waals surface area contributed by atoms with Gasteiger partial charge in [-0.3, -0.25) is 0 Å². The first-order valence-corrected chi connectivity index (χ1v) is 6.69. The Labute approximate surface area is 111 Å². The van der Waals surface area contributed by atoms with Gasteiger partial charge in [0.2, 0.25) is 0 Å². The highest BCUT2D eigenvalue weighted by Gasteiger charge is 2.22. The lowest BCUT2D eigenvalue weighted by molar-refractivity contribution is -0.00522. The molecule has 1 saturated heterocycles. The lowest BCUT2D eigenvalue weighted by atomic mass is 10.1. The minimum atomic E-state index is 0.0663. The summed E-state index contributed by atoms with van der Waals surface area (Å²) in [6.45, 7) is 6.08. The Bertz CT molecular complexity index is 387. The van der Waals surface area contributed by atoms with Gasteiger partial charge in [0.1, 0.15) is 0 Å². The van der Waals surface area contributed by atoms with Crippen molar-refractivity contribution >= 4 is 21.6 Å². The van der Waals surface area contributed by atoms with Crippen LogP contribution in [0.15, 0.2) is 22.7 Å². The van der Waals surface area contributed by atoms with Gasteiger partial charge in [0.15, 0.2) is 0 Å². The highest BCUT2D eigenvalue weighted by Crippen LogP contribution is 2.26. The van der Waals surface area contributed by atoms with Gasteiger partial charge in [0.25, 0.3) is 0 Å². The van der Waals surface area contributed by atoms with Crippen molar-refractivity contribution in [3.8, 4) is 0 Å². The van der Waals surface area contributed by atoms with Crippen LogP contribution in [0.5, 0.6) is 0 Å². The van der Waals surface area contributed by atoms with Gasteiger partial charge in [0.05, 0.1) is 18.8 Å². The number of nitrogens with zero attached hydrogens (tertiary/aromatic N) is 1. The topological polar surface area (TPSA) is 32.7 Å². The van der Waals surface area contributed by atoms with Crippen LogP contribution < -0.4 is 4.90 Å². The Morgan fingerprint density at radius 1 is 1.35 bits per heavy atom. The van der Waals surface area contributed by atoms with Crippen molar-refractivity contribution in [3.63, 3.8) is 0 Å². The van der Waals surface area contributed by atoms with Gasteiger partial charge >= 0.3 is 0 Å². The van der Waals surface area contributed by atoms with E-state index in [9.17, 15) is 0 Å². The Kier molecular flexibility index (Phi) is 4.07. The normalized spacial score (nSPS) is 25.1. The average molecular weight is 300 g/mol. The van der Waals surface area contributed by atoms with E-state index in [0.717, 1.165) is 23.1 Å². The number of rotatable bonds is 2. The van der Waals surface area contributed by atoms with Crippen molar-refractivity contribution in [2.24, 2.45) is 0 Å². The first-order chi connectivity index (χ1) is 8.10. The summed E-state index contributed by atoms with van der Waals surface area (Å²) in [4.78, 5) is 2.32. The monoisotopic (exact) mass is 299 g/mol. The van der Waals surface area contributed by atoms with Gasteiger partial charge in [-0.25, -0.2) is 0 Å². The second-order valence-electron chi connectivity index (χ2n) is 4.60. The second kappa shape index (κ2) is 5.38. The third-order valence-corrected chi connectivity index (χ3v) is 3.73. The maximum atomic E-state index is 9.14. The van der Waals surface area contributed by atoms with Crippen LogP contribution in [0.25, 0.3) is 0 Å². The molecule has 1 fully saturated rings. The number of aliphatic hydroxyl groups is 1. The van der Waals surface area contributed by atoms with Gasteiger partial charge in [-0.2, -0.15) is 0 Å². The second-order valence-corrected chi connectivity index (χ2v) is 5.45.